The third-order valence-corrected chi connectivity index (χ3v) is 4.92. The predicted octanol–water partition coefficient (Wildman–Crippen LogP) is 1.71. The number of nitrogens with zero attached hydrogens (tertiary/aromatic N) is 5. The second kappa shape index (κ2) is 7.67. The van der Waals surface area contributed by atoms with Crippen LogP contribution in [-0.2, 0) is 16.1 Å². The number of amides is 2. The maximum Gasteiger partial charge on any atom is 0.246 e. The van der Waals surface area contributed by atoms with Crippen LogP contribution >= 0.6 is 0 Å². The average molecular weight is 379 g/mol. The van der Waals surface area contributed by atoms with Gasteiger partial charge in [0.15, 0.2) is 0 Å². The molecule has 8 heteroatoms. The van der Waals surface area contributed by atoms with Crippen molar-refractivity contribution in [1.82, 2.24) is 19.9 Å². The summed E-state index contributed by atoms with van der Waals surface area (Å²) >= 11 is 0. The number of para-hydroxylation sites is 1. The fraction of sp³-hybridized carbons (Fsp3) is 0.300. The van der Waals surface area contributed by atoms with E-state index in [1.807, 2.05) is 48.5 Å². The number of hydrogen-bond donors (Lipinski definition) is 0. The number of rotatable bonds is 5. The maximum atomic E-state index is 12.6. The quantitative estimate of drug-likeness (QED) is 0.674. The number of methoxy groups -OCH3 is 1. The normalized spacial score (nSPS) is 14.5. The first-order chi connectivity index (χ1) is 13.7. The van der Waals surface area contributed by atoms with Gasteiger partial charge >= 0.3 is 0 Å². The molecule has 0 aliphatic carbocycles. The van der Waals surface area contributed by atoms with E-state index in [1.54, 1.807) is 21.6 Å². The summed E-state index contributed by atoms with van der Waals surface area (Å²) in [6.45, 7) is 1.51. The molecule has 0 spiro atoms. The SMILES string of the molecule is COc1ccc(N2CCN(C(=O)CCn3nnc4ccccc43)CC2=O)cc1. The Morgan fingerprint density at radius 3 is 2.64 bits per heavy atom. The second-order valence-corrected chi connectivity index (χ2v) is 6.61. The van der Waals surface area contributed by atoms with Crippen molar-refractivity contribution < 1.29 is 14.3 Å². The summed E-state index contributed by atoms with van der Waals surface area (Å²) in [7, 11) is 1.60. The number of fused-ring (bicyclic) bond motifs is 1. The van der Waals surface area contributed by atoms with Crippen LogP contribution in [0.15, 0.2) is 48.5 Å². The number of aromatic nitrogens is 3. The van der Waals surface area contributed by atoms with Gasteiger partial charge in [-0.1, -0.05) is 17.3 Å². The molecule has 0 unspecified atom stereocenters. The molecule has 1 fully saturated rings. The molecule has 2 amide bonds. The molecule has 8 nitrogen and oxygen atoms in total. The molecule has 1 saturated heterocycles. The van der Waals surface area contributed by atoms with E-state index in [0.29, 0.717) is 19.6 Å². The Hall–Kier alpha value is -3.42. The molecule has 3 aromatic rings. The van der Waals surface area contributed by atoms with E-state index in [4.69, 9.17) is 4.74 Å². The van der Waals surface area contributed by atoms with Crippen LogP contribution in [0.25, 0.3) is 11.0 Å². The second-order valence-electron chi connectivity index (χ2n) is 6.61. The topological polar surface area (TPSA) is 80.6 Å². The molecule has 0 saturated carbocycles. The Morgan fingerprint density at radius 2 is 1.89 bits per heavy atom. The summed E-state index contributed by atoms with van der Waals surface area (Å²) in [5, 5.41) is 8.20. The van der Waals surface area contributed by atoms with Crippen LogP contribution in [0.5, 0.6) is 5.75 Å². The highest BCUT2D eigenvalue weighted by Gasteiger charge is 2.27. The smallest absolute Gasteiger partial charge is 0.246 e. The van der Waals surface area contributed by atoms with Crippen molar-refractivity contribution in [1.29, 1.82) is 0 Å². The monoisotopic (exact) mass is 379 g/mol. The number of aryl methyl sites for hydroxylation is 1. The van der Waals surface area contributed by atoms with Crippen LogP contribution in [0.3, 0.4) is 0 Å². The van der Waals surface area contributed by atoms with Crippen molar-refractivity contribution >= 4 is 28.5 Å². The zero-order valence-corrected chi connectivity index (χ0v) is 15.6. The fourth-order valence-electron chi connectivity index (χ4n) is 3.36. The zero-order valence-electron chi connectivity index (χ0n) is 15.6. The third-order valence-electron chi connectivity index (χ3n) is 4.92. The number of carbonyl (C=O) groups is 2. The minimum absolute atomic E-state index is 0.0534. The van der Waals surface area contributed by atoms with Gasteiger partial charge < -0.3 is 14.5 Å². The van der Waals surface area contributed by atoms with Crippen molar-refractivity contribution in [2.24, 2.45) is 0 Å². The highest BCUT2D eigenvalue weighted by atomic mass is 16.5. The highest BCUT2D eigenvalue weighted by Crippen LogP contribution is 2.21. The number of carbonyl (C=O) groups excluding carboxylic acids is 2. The fourth-order valence-corrected chi connectivity index (χ4v) is 3.36. The van der Waals surface area contributed by atoms with E-state index in [9.17, 15) is 9.59 Å². The Labute approximate surface area is 162 Å². The van der Waals surface area contributed by atoms with Gasteiger partial charge in [-0.25, -0.2) is 4.68 Å². The van der Waals surface area contributed by atoms with Crippen LogP contribution in [0.4, 0.5) is 5.69 Å². The zero-order chi connectivity index (χ0) is 19.5. The van der Waals surface area contributed by atoms with Gasteiger partial charge in [-0.05, 0) is 36.4 Å². The summed E-state index contributed by atoms with van der Waals surface area (Å²) < 4.78 is 6.87. The van der Waals surface area contributed by atoms with Gasteiger partial charge in [-0.15, -0.1) is 5.10 Å². The number of hydrogen-bond acceptors (Lipinski definition) is 5. The standard InChI is InChI=1S/C20H21N5O3/c1-28-16-8-6-15(7-9-16)24-13-12-23(14-20(24)27)19(26)10-11-25-18-5-3-2-4-17(18)21-22-25/h2-9H,10-14H2,1H3. The van der Waals surface area contributed by atoms with Crippen molar-refractivity contribution in [3.63, 3.8) is 0 Å². The largest absolute Gasteiger partial charge is 0.497 e. The molecule has 2 aromatic carbocycles. The van der Waals surface area contributed by atoms with Gasteiger partial charge in [0.25, 0.3) is 0 Å². The van der Waals surface area contributed by atoms with E-state index in [1.165, 1.54) is 0 Å². The van der Waals surface area contributed by atoms with E-state index in [2.05, 4.69) is 10.3 Å². The van der Waals surface area contributed by atoms with E-state index in [-0.39, 0.29) is 24.8 Å². The van der Waals surface area contributed by atoms with Gasteiger partial charge in [0.1, 0.15) is 17.8 Å². The molecule has 0 bridgehead atoms. The van der Waals surface area contributed by atoms with Crippen molar-refractivity contribution in [2.75, 3.05) is 31.6 Å². The van der Waals surface area contributed by atoms with Crippen molar-refractivity contribution in [3.8, 4) is 5.75 Å². The lowest BCUT2D eigenvalue weighted by molar-refractivity contribution is -0.137. The first-order valence-corrected chi connectivity index (χ1v) is 9.16. The first-order valence-electron chi connectivity index (χ1n) is 9.16. The van der Waals surface area contributed by atoms with Crippen LogP contribution in [0, 0.1) is 0 Å². The van der Waals surface area contributed by atoms with Crippen molar-refractivity contribution in [2.45, 2.75) is 13.0 Å². The number of piperazine rings is 1. The van der Waals surface area contributed by atoms with Crippen LogP contribution in [0.1, 0.15) is 6.42 Å². The van der Waals surface area contributed by atoms with E-state index < -0.39 is 0 Å². The Balaban J connectivity index is 1.35. The molecule has 0 N–H and O–H groups in total. The molecule has 0 radical (unpaired) electrons. The molecule has 1 aromatic heterocycles. The van der Waals surface area contributed by atoms with Gasteiger partial charge in [0, 0.05) is 25.2 Å². The van der Waals surface area contributed by atoms with Gasteiger partial charge in [0.2, 0.25) is 11.8 Å². The Morgan fingerprint density at radius 1 is 1.11 bits per heavy atom. The Bertz CT molecular complexity index is 999. The molecule has 28 heavy (non-hydrogen) atoms. The molecule has 1 aliphatic rings. The summed E-state index contributed by atoms with van der Waals surface area (Å²) in [6.07, 6.45) is 0.281. The lowest BCUT2D eigenvalue weighted by Gasteiger charge is -2.34. The minimum Gasteiger partial charge on any atom is -0.497 e. The summed E-state index contributed by atoms with van der Waals surface area (Å²) in [5.74, 6) is 0.601. The number of ether oxygens (including phenoxy) is 1. The predicted molar refractivity (Wildman–Crippen MR) is 104 cm³/mol. The summed E-state index contributed by atoms with van der Waals surface area (Å²) in [4.78, 5) is 28.4. The highest BCUT2D eigenvalue weighted by molar-refractivity contribution is 5.98. The summed E-state index contributed by atoms with van der Waals surface area (Å²) in [6, 6.07) is 15.0. The minimum atomic E-state index is -0.0871. The van der Waals surface area contributed by atoms with Crippen molar-refractivity contribution in [3.05, 3.63) is 48.5 Å². The number of anilines is 1. The average Bonchev–Trinajstić information content (AvgIpc) is 3.15. The number of benzene rings is 2. The van der Waals surface area contributed by atoms with Gasteiger partial charge in [-0.3, -0.25) is 9.59 Å². The molecular formula is C20H21N5O3. The van der Waals surface area contributed by atoms with E-state index in [0.717, 1.165) is 22.5 Å². The lowest BCUT2D eigenvalue weighted by Crippen LogP contribution is -2.52. The summed E-state index contributed by atoms with van der Waals surface area (Å²) in [5.41, 5.74) is 2.51. The molecule has 4 rings (SSSR count). The lowest BCUT2D eigenvalue weighted by atomic mass is 10.2. The third kappa shape index (κ3) is 3.53. The molecule has 0 atom stereocenters. The maximum absolute atomic E-state index is 12.6. The molecule has 1 aliphatic heterocycles. The first kappa shape index (κ1) is 18.0. The van der Waals surface area contributed by atoms with Crippen LogP contribution in [-0.4, -0.2) is 58.5 Å². The molecule has 2 heterocycles. The van der Waals surface area contributed by atoms with E-state index >= 15 is 0 Å². The molecular weight excluding hydrogens is 358 g/mol. The molecule has 144 valence electrons. The van der Waals surface area contributed by atoms with Crippen LogP contribution < -0.4 is 9.64 Å². The van der Waals surface area contributed by atoms with Crippen LogP contribution in [0.2, 0.25) is 0 Å². The van der Waals surface area contributed by atoms with Gasteiger partial charge in [0.05, 0.1) is 19.2 Å². The van der Waals surface area contributed by atoms with Gasteiger partial charge in [-0.2, -0.15) is 0 Å². The Kier molecular flexibility index (Phi) is 4.92.